The minimum Gasteiger partial charge on any atom is -0.468 e. The first-order valence-electron chi connectivity index (χ1n) is 5.62. The van der Waals surface area contributed by atoms with Crippen molar-refractivity contribution in [1.82, 2.24) is 6.39 Å². The van der Waals surface area contributed by atoms with Gasteiger partial charge in [-0.15, -0.1) is 5.06 Å². The van der Waals surface area contributed by atoms with Crippen molar-refractivity contribution < 1.29 is 28.8 Å². The van der Waals surface area contributed by atoms with E-state index in [4.69, 9.17) is 4.84 Å². The molecule has 0 aromatic heterocycles. The summed E-state index contributed by atoms with van der Waals surface area (Å²) >= 11 is 3.79. The average molecular weight is 510 g/mol. The highest BCUT2D eigenvalue weighted by Gasteiger charge is 2.33. The molecule has 1 fully saturated rings. The summed E-state index contributed by atoms with van der Waals surface area (Å²) in [6.45, 7) is 0. The van der Waals surface area contributed by atoms with Crippen molar-refractivity contribution in [1.29, 1.82) is 0 Å². The Balaban J connectivity index is 2.48. The highest BCUT2D eigenvalue weighted by molar-refractivity contribution is 14.2. The molecule has 8 nitrogen and oxygen atoms in total. The van der Waals surface area contributed by atoms with Crippen LogP contribution in [0.1, 0.15) is 25.7 Å². The van der Waals surface area contributed by atoms with Crippen LogP contribution in [-0.2, 0) is 28.8 Å². The molecule has 1 heterocycles. The molecule has 1 atom stereocenters. The molecule has 0 saturated carbocycles. The first-order chi connectivity index (χ1) is 9.36. The van der Waals surface area contributed by atoms with E-state index in [1.807, 2.05) is 45.7 Å². The average Bonchev–Trinajstić information content (AvgIpc) is 2.70. The van der Waals surface area contributed by atoms with E-state index in [9.17, 15) is 19.2 Å². The molecule has 112 valence electrons. The van der Waals surface area contributed by atoms with Crippen LogP contribution in [0.5, 0.6) is 0 Å². The number of amides is 2. The Kier molecular flexibility index (Phi) is 7.08. The number of methoxy groups -OCH3 is 1. The van der Waals surface area contributed by atoms with Gasteiger partial charge in [-0.3, -0.25) is 14.4 Å². The van der Waals surface area contributed by atoms with Gasteiger partial charge in [0.2, 0.25) is 0 Å². The lowest BCUT2D eigenvalue weighted by atomic mass is 10.2. The molecule has 0 aromatic carbocycles. The Morgan fingerprint density at radius 2 is 1.85 bits per heavy atom. The van der Waals surface area contributed by atoms with Crippen LogP contribution >= 0.6 is 45.7 Å². The number of hydrogen-bond acceptors (Lipinski definition) is 7. The van der Waals surface area contributed by atoms with Crippen LogP contribution < -0.4 is 0 Å². The quantitative estimate of drug-likeness (QED) is 0.227. The van der Waals surface area contributed by atoms with Crippen molar-refractivity contribution in [2.24, 2.45) is 0 Å². The lowest BCUT2D eigenvalue weighted by Gasteiger charge is -2.18. The molecule has 10 heteroatoms. The fourth-order valence-electron chi connectivity index (χ4n) is 1.49. The normalized spacial score (nSPS) is 16.5. The molecule has 0 bridgehead atoms. The number of ether oxygens (including phenoxy) is 1. The number of nitrogens with zero attached hydrogens (tertiary/aromatic N) is 2. The van der Waals surface area contributed by atoms with E-state index in [1.54, 1.807) is 1.33 Å². The van der Waals surface area contributed by atoms with Crippen molar-refractivity contribution >= 4 is 69.5 Å². The van der Waals surface area contributed by atoms with Crippen LogP contribution in [0.4, 0.5) is 0 Å². The summed E-state index contributed by atoms with van der Waals surface area (Å²) in [6, 6.07) is -0.612. The minimum atomic E-state index is -0.739. The fraction of sp³-hybridized carbons (Fsp3) is 0.600. The third-order valence-corrected chi connectivity index (χ3v) is 3.87. The number of imide groups is 1. The molecule has 0 aromatic rings. The van der Waals surface area contributed by atoms with Crippen LogP contribution in [0.15, 0.2) is 0 Å². The zero-order chi connectivity index (χ0) is 15.3. The summed E-state index contributed by atoms with van der Waals surface area (Å²) in [5.74, 6) is -2.28. The van der Waals surface area contributed by atoms with Gasteiger partial charge in [0.1, 0.15) is 6.04 Å². The van der Waals surface area contributed by atoms with Gasteiger partial charge < -0.3 is 9.57 Å². The van der Waals surface area contributed by atoms with Gasteiger partial charge >= 0.3 is 11.9 Å². The van der Waals surface area contributed by atoms with Gasteiger partial charge in [-0.25, -0.2) is 4.79 Å². The number of carbonyl (C=O) groups excluding carboxylic acids is 4. The molecule has 2 amide bonds. The van der Waals surface area contributed by atoms with E-state index < -0.39 is 29.8 Å². The third kappa shape index (κ3) is 4.80. The highest BCUT2D eigenvalue weighted by Crippen LogP contribution is 2.20. The number of halogens is 2. The van der Waals surface area contributed by atoms with Gasteiger partial charge in [-0.05, 0) is 6.42 Å². The SMILES string of the molecule is COC(=O)C(CCC(=O)ON1C(=O)CCC1=O)N(I)I. The number of hydroxylamine groups is 2. The smallest absolute Gasteiger partial charge is 0.333 e. The van der Waals surface area contributed by atoms with Crippen LogP contribution in [-0.4, -0.2) is 43.3 Å². The van der Waals surface area contributed by atoms with E-state index in [1.165, 1.54) is 7.11 Å². The van der Waals surface area contributed by atoms with Crippen LogP contribution in [0.3, 0.4) is 0 Å². The standard InChI is InChI=1S/C10H12I2N2O6/c1-19-10(18)6(14(11)12)2-5-9(17)20-13-7(15)3-4-8(13)16/h6H,2-5H2,1H3. The largest absolute Gasteiger partial charge is 0.468 e. The summed E-state index contributed by atoms with van der Waals surface area (Å²) in [7, 11) is 1.26. The van der Waals surface area contributed by atoms with E-state index in [0.717, 1.165) is 0 Å². The van der Waals surface area contributed by atoms with E-state index in [2.05, 4.69) is 4.74 Å². The minimum absolute atomic E-state index is 0.0478. The highest BCUT2D eigenvalue weighted by atomic mass is 127. The van der Waals surface area contributed by atoms with E-state index in [0.29, 0.717) is 5.06 Å². The lowest BCUT2D eigenvalue weighted by Crippen LogP contribution is -2.34. The predicted molar refractivity (Wildman–Crippen MR) is 82.1 cm³/mol. The van der Waals surface area contributed by atoms with Gasteiger partial charge in [0.15, 0.2) is 0 Å². The van der Waals surface area contributed by atoms with Gasteiger partial charge in [0.25, 0.3) is 11.8 Å². The second-order valence-electron chi connectivity index (χ2n) is 3.88. The summed E-state index contributed by atoms with van der Waals surface area (Å²) in [5, 5.41) is 0.487. The Labute approximate surface area is 143 Å². The Morgan fingerprint density at radius 1 is 1.30 bits per heavy atom. The Bertz CT molecular complexity index is 412. The molecular weight excluding hydrogens is 498 g/mol. The number of esters is 1. The Morgan fingerprint density at radius 3 is 2.30 bits per heavy atom. The summed E-state index contributed by atoms with van der Waals surface area (Å²) in [6.07, 6.45) is 0.144. The van der Waals surface area contributed by atoms with Crippen LogP contribution in [0, 0.1) is 0 Å². The molecule has 0 spiro atoms. The van der Waals surface area contributed by atoms with Gasteiger partial charge in [-0.2, -0.15) is 1.33 Å². The van der Waals surface area contributed by atoms with Gasteiger partial charge in [-0.1, -0.05) is 0 Å². The molecule has 1 unspecified atom stereocenters. The third-order valence-electron chi connectivity index (χ3n) is 2.53. The van der Waals surface area contributed by atoms with Crippen molar-refractivity contribution in [2.45, 2.75) is 31.7 Å². The first-order valence-corrected chi connectivity index (χ1v) is 7.55. The maximum absolute atomic E-state index is 11.6. The van der Waals surface area contributed by atoms with Crippen molar-refractivity contribution in [3.8, 4) is 0 Å². The fourth-order valence-corrected chi connectivity index (χ4v) is 2.50. The van der Waals surface area contributed by atoms with Crippen molar-refractivity contribution in [3.63, 3.8) is 0 Å². The topological polar surface area (TPSA) is 93.2 Å². The maximum atomic E-state index is 11.6. The number of hydrogen-bond donors (Lipinski definition) is 0. The predicted octanol–water partition coefficient (Wildman–Crippen LogP) is 0.917. The van der Waals surface area contributed by atoms with Crippen molar-refractivity contribution in [3.05, 3.63) is 0 Å². The maximum Gasteiger partial charge on any atom is 0.333 e. The Hall–Kier alpha value is -0.500. The number of rotatable bonds is 6. The molecule has 0 aliphatic carbocycles. The molecule has 1 aliphatic heterocycles. The van der Waals surface area contributed by atoms with Gasteiger partial charge in [0, 0.05) is 58.6 Å². The molecular formula is C10H12I2N2O6. The molecule has 1 saturated heterocycles. The van der Waals surface area contributed by atoms with Crippen LogP contribution in [0.25, 0.3) is 0 Å². The molecule has 1 aliphatic rings. The zero-order valence-electron chi connectivity index (χ0n) is 10.5. The van der Waals surface area contributed by atoms with Gasteiger partial charge in [0.05, 0.1) is 13.5 Å². The summed E-state index contributed by atoms with van der Waals surface area (Å²) in [5.41, 5.74) is 0. The summed E-state index contributed by atoms with van der Waals surface area (Å²) in [4.78, 5) is 50.3. The monoisotopic (exact) mass is 510 g/mol. The molecule has 1 rings (SSSR count). The molecule has 0 N–H and O–H groups in total. The van der Waals surface area contributed by atoms with E-state index in [-0.39, 0.29) is 25.7 Å². The van der Waals surface area contributed by atoms with Crippen LogP contribution in [0.2, 0.25) is 0 Å². The molecule has 20 heavy (non-hydrogen) atoms. The number of carbonyl (C=O) groups is 4. The second kappa shape index (κ2) is 8.07. The van der Waals surface area contributed by atoms with Crippen molar-refractivity contribution in [2.75, 3.05) is 7.11 Å². The zero-order valence-corrected chi connectivity index (χ0v) is 14.8. The molecule has 0 radical (unpaired) electrons. The summed E-state index contributed by atoms with van der Waals surface area (Å²) < 4.78 is 6.17. The second-order valence-corrected chi connectivity index (χ2v) is 7.81. The first kappa shape index (κ1) is 17.6. The lowest BCUT2D eigenvalue weighted by molar-refractivity contribution is -0.197. The van der Waals surface area contributed by atoms with E-state index >= 15 is 0 Å².